The molecule has 0 atom stereocenters. The minimum atomic E-state index is -0.158. The highest BCUT2D eigenvalue weighted by molar-refractivity contribution is 5.79. The highest BCUT2D eigenvalue weighted by atomic mass is 16.5. The van der Waals surface area contributed by atoms with Gasteiger partial charge in [0.15, 0.2) is 5.82 Å². The van der Waals surface area contributed by atoms with Gasteiger partial charge in [0.05, 0.1) is 11.0 Å². The molecule has 2 N–H and O–H groups in total. The highest BCUT2D eigenvalue weighted by Crippen LogP contribution is 2.35. The van der Waals surface area contributed by atoms with Crippen LogP contribution in [0.5, 0.6) is 5.75 Å². The van der Waals surface area contributed by atoms with Crippen LogP contribution in [-0.2, 0) is 6.42 Å². The maximum absolute atomic E-state index is 12.4. The number of rotatable bonds is 4. The topological polar surface area (TPSA) is 67.0 Å². The van der Waals surface area contributed by atoms with Crippen molar-refractivity contribution in [3.8, 4) is 5.75 Å². The molecule has 0 unspecified atom stereocenters. The Kier molecular flexibility index (Phi) is 4.63. The van der Waals surface area contributed by atoms with Gasteiger partial charge in [0, 0.05) is 12.6 Å². The summed E-state index contributed by atoms with van der Waals surface area (Å²) < 4.78 is 6.06. The second kappa shape index (κ2) is 6.93. The number of H-pyrrole nitrogens is 1. The normalized spacial score (nSPS) is 19.8. The van der Waals surface area contributed by atoms with Crippen molar-refractivity contribution in [1.82, 2.24) is 9.97 Å². The minimum Gasteiger partial charge on any atom is -0.487 e. The Morgan fingerprint density at radius 2 is 2.08 bits per heavy atom. The Morgan fingerprint density at radius 3 is 2.88 bits per heavy atom. The number of aromatic amines is 1. The van der Waals surface area contributed by atoms with Gasteiger partial charge in [-0.05, 0) is 50.7 Å². The number of benzene rings is 1. The summed E-state index contributed by atoms with van der Waals surface area (Å²) in [7, 11) is 0. The third-order valence-electron chi connectivity index (χ3n) is 5.83. The van der Waals surface area contributed by atoms with E-state index < -0.39 is 0 Å². The van der Waals surface area contributed by atoms with Crippen molar-refractivity contribution >= 4 is 16.9 Å². The van der Waals surface area contributed by atoms with Crippen LogP contribution in [0.4, 0.5) is 5.82 Å². The van der Waals surface area contributed by atoms with Gasteiger partial charge in [0.25, 0.3) is 5.56 Å². The average Bonchev–Trinajstić information content (AvgIpc) is 2.61. The molecule has 0 radical (unpaired) electrons. The van der Waals surface area contributed by atoms with Crippen LogP contribution < -0.4 is 15.6 Å². The molecule has 1 aliphatic carbocycles. The van der Waals surface area contributed by atoms with Crippen molar-refractivity contribution in [3.05, 3.63) is 28.0 Å². The second-order valence-electron chi connectivity index (χ2n) is 8.47. The lowest BCUT2D eigenvalue weighted by atomic mass is 9.87. The number of aryl methyl sites for hydroxylation is 1. The summed E-state index contributed by atoms with van der Waals surface area (Å²) >= 11 is 0. The van der Waals surface area contributed by atoms with E-state index in [9.17, 15) is 4.79 Å². The van der Waals surface area contributed by atoms with E-state index in [1.165, 1.54) is 37.7 Å². The SMILES string of the molecule is CC1(C)CCc2cc3nc(NCCC4CCCCC4)c(=O)[nH]c3cc2O1. The molecule has 2 aliphatic rings. The molecule has 1 aliphatic heterocycles. The lowest BCUT2D eigenvalue weighted by molar-refractivity contribution is 0.0849. The zero-order chi connectivity index (χ0) is 18.1. The number of hydrogen-bond acceptors (Lipinski definition) is 4. The van der Waals surface area contributed by atoms with Gasteiger partial charge in [-0.15, -0.1) is 0 Å². The number of nitrogens with one attached hydrogen (secondary N) is 2. The Morgan fingerprint density at radius 1 is 1.27 bits per heavy atom. The molecule has 1 saturated carbocycles. The van der Waals surface area contributed by atoms with Crippen LogP contribution in [0.1, 0.15) is 64.4 Å². The highest BCUT2D eigenvalue weighted by Gasteiger charge is 2.27. The first-order valence-corrected chi connectivity index (χ1v) is 10.00. The summed E-state index contributed by atoms with van der Waals surface area (Å²) in [5.74, 6) is 2.10. The smallest absolute Gasteiger partial charge is 0.291 e. The van der Waals surface area contributed by atoms with Crippen molar-refractivity contribution in [2.45, 2.75) is 70.8 Å². The summed E-state index contributed by atoms with van der Waals surface area (Å²) in [6.45, 7) is 5.01. The molecule has 140 valence electrons. The molecule has 0 bridgehead atoms. The Labute approximate surface area is 154 Å². The fourth-order valence-electron chi connectivity index (χ4n) is 4.22. The van der Waals surface area contributed by atoms with Gasteiger partial charge < -0.3 is 15.0 Å². The third kappa shape index (κ3) is 3.71. The summed E-state index contributed by atoms with van der Waals surface area (Å²) in [6.07, 6.45) is 9.81. The average molecular weight is 355 g/mol. The fourth-order valence-corrected chi connectivity index (χ4v) is 4.22. The van der Waals surface area contributed by atoms with E-state index in [4.69, 9.17) is 4.74 Å². The van der Waals surface area contributed by atoms with Gasteiger partial charge >= 0.3 is 0 Å². The molecular formula is C21H29N3O2. The van der Waals surface area contributed by atoms with Gasteiger partial charge in [0.1, 0.15) is 11.4 Å². The van der Waals surface area contributed by atoms with Gasteiger partial charge in [0.2, 0.25) is 0 Å². The molecule has 1 fully saturated rings. The van der Waals surface area contributed by atoms with E-state index in [1.807, 2.05) is 6.07 Å². The number of aromatic nitrogens is 2. The summed E-state index contributed by atoms with van der Waals surface area (Å²) in [5, 5.41) is 3.26. The summed E-state index contributed by atoms with van der Waals surface area (Å²) in [4.78, 5) is 19.9. The predicted molar refractivity (Wildman–Crippen MR) is 105 cm³/mol. The van der Waals surface area contributed by atoms with Crippen molar-refractivity contribution < 1.29 is 4.74 Å². The minimum absolute atomic E-state index is 0.156. The molecule has 0 saturated heterocycles. The van der Waals surface area contributed by atoms with Gasteiger partial charge in [-0.2, -0.15) is 0 Å². The molecule has 2 aromatic rings. The van der Waals surface area contributed by atoms with Gasteiger partial charge in [-0.1, -0.05) is 32.1 Å². The van der Waals surface area contributed by atoms with Crippen LogP contribution in [-0.4, -0.2) is 22.1 Å². The number of ether oxygens (including phenoxy) is 1. The molecule has 0 spiro atoms. The van der Waals surface area contributed by atoms with Crippen LogP contribution in [0.15, 0.2) is 16.9 Å². The quantitative estimate of drug-likeness (QED) is 0.852. The maximum atomic E-state index is 12.4. The molecule has 0 amide bonds. The van der Waals surface area contributed by atoms with Crippen molar-refractivity contribution in [1.29, 1.82) is 0 Å². The van der Waals surface area contributed by atoms with Crippen LogP contribution >= 0.6 is 0 Å². The first-order valence-electron chi connectivity index (χ1n) is 10.00. The molecular weight excluding hydrogens is 326 g/mol. The van der Waals surface area contributed by atoms with E-state index in [0.717, 1.165) is 48.5 Å². The van der Waals surface area contributed by atoms with E-state index in [2.05, 4.69) is 35.2 Å². The van der Waals surface area contributed by atoms with Crippen molar-refractivity contribution in [2.75, 3.05) is 11.9 Å². The lowest BCUT2D eigenvalue weighted by Gasteiger charge is -2.32. The molecule has 5 heteroatoms. The largest absolute Gasteiger partial charge is 0.487 e. The summed E-state index contributed by atoms with van der Waals surface area (Å²) in [5.41, 5.74) is 2.42. The van der Waals surface area contributed by atoms with E-state index in [0.29, 0.717) is 5.82 Å². The Hall–Kier alpha value is -2.04. The van der Waals surface area contributed by atoms with E-state index in [1.54, 1.807) is 0 Å². The van der Waals surface area contributed by atoms with E-state index in [-0.39, 0.29) is 11.2 Å². The fraction of sp³-hybridized carbons (Fsp3) is 0.619. The molecule has 5 nitrogen and oxygen atoms in total. The maximum Gasteiger partial charge on any atom is 0.291 e. The summed E-state index contributed by atoms with van der Waals surface area (Å²) in [6, 6.07) is 3.98. The van der Waals surface area contributed by atoms with Crippen molar-refractivity contribution in [3.63, 3.8) is 0 Å². The Balaban J connectivity index is 1.51. The first-order chi connectivity index (χ1) is 12.5. The molecule has 1 aromatic heterocycles. The Bertz CT molecular complexity index is 850. The zero-order valence-electron chi connectivity index (χ0n) is 15.9. The standard InChI is InChI=1S/C21H29N3O2/c1-21(2)10-8-15-12-16-17(13-18(15)26-21)24-20(25)19(23-16)22-11-9-14-6-4-3-5-7-14/h12-14H,3-11H2,1-2H3,(H,22,23)(H,24,25). The number of fused-ring (bicyclic) bond motifs is 2. The molecule has 4 rings (SSSR count). The van der Waals surface area contributed by atoms with E-state index >= 15 is 0 Å². The molecule has 2 heterocycles. The molecule has 1 aromatic carbocycles. The number of nitrogens with zero attached hydrogens (tertiary/aromatic N) is 1. The van der Waals surface area contributed by atoms with Crippen LogP contribution in [0, 0.1) is 5.92 Å². The van der Waals surface area contributed by atoms with Gasteiger partial charge in [-0.3, -0.25) is 4.79 Å². The van der Waals surface area contributed by atoms with Crippen LogP contribution in [0.2, 0.25) is 0 Å². The first kappa shape index (κ1) is 17.4. The van der Waals surface area contributed by atoms with Crippen LogP contribution in [0.3, 0.4) is 0 Å². The van der Waals surface area contributed by atoms with Gasteiger partial charge in [-0.25, -0.2) is 4.98 Å². The number of hydrogen-bond donors (Lipinski definition) is 2. The number of anilines is 1. The molecule has 26 heavy (non-hydrogen) atoms. The van der Waals surface area contributed by atoms with Crippen LogP contribution in [0.25, 0.3) is 11.0 Å². The lowest BCUT2D eigenvalue weighted by Crippen LogP contribution is -2.32. The zero-order valence-corrected chi connectivity index (χ0v) is 15.9. The third-order valence-corrected chi connectivity index (χ3v) is 5.83. The predicted octanol–water partition coefficient (Wildman–Crippen LogP) is 4.41. The van der Waals surface area contributed by atoms with Crippen molar-refractivity contribution in [2.24, 2.45) is 5.92 Å². The second-order valence-corrected chi connectivity index (χ2v) is 8.47. The monoisotopic (exact) mass is 355 g/mol.